The van der Waals surface area contributed by atoms with E-state index in [1.54, 1.807) is 14.0 Å². The van der Waals surface area contributed by atoms with E-state index in [1.807, 2.05) is 0 Å². The summed E-state index contributed by atoms with van der Waals surface area (Å²) >= 11 is 0. The number of nitrogens with one attached hydrogen (secondary N) is 4. The quantitative estimate of drug-likeness (QED) is 0.590. The molecule has 0 bridgehead atoms. The average Bonchev–Trinajstić information content (AvgIpc) is 2.63. The lowest BCUT2D eigenvalue weighted by molar-refractivity contribution is -0.885. The first-order valence-electron chi connectivity index (χ1n) is 9.34. The van der Waals surface area contributed by atoms with Crippen LogP contribution in [0, 0.1) is 5.82 Å². The van der Waals surface area contributed by atoms with Crippen molar-refractivity contribution < 1.29 is 23.7 Å². The van der Waals surface area contributed by atoms with Gasteiger partial charge in [-0.15, -0.1) is 0 Å². The van der Waals surface area contributed by atoms with E-state index >= 15 is 0 Å². The molecule has 1 aliphatic carbocycles. The monoisotopic (exact) mass is 379 g/mol. The highest BCUT2D eigenvalue weighted by Gasteiger charge is 2.26. The van der Waals surface area contributed by atoms with Crippen molar-refractivity contribution in [2.24, 2.45) is 0 Å². The van der Waals surface area contributed by atoms with Gasteiger partial charge in [0.1, 0.15) is 5.82 Å². The summed E-state index contributed by atoms with van der Waals surface area (Å²) in [5.74, 6) is -1.12. The van der Waals surface area contributed by atoms with Crippen molar-refractivity contribution in [1.82, 2.24) is 10.6 Å². The van der Waals surface area contributed by atoms with Gasteiger partial charge in [-0.2, -0.15) is 0 Å². The first-order valence-corrected chi connectivity index (χ1v) is 9.34. The molecular formula is C19H28FN4O3+. The third-order valence-corrected chi connectivity index (χ3v) is 4.88. The number of rotatable bonds is 6. The summed E-state index contributed by atoms with van der Waals surface area (Å²) in [5.41, 5.74) is 0.484. The molecule has 1 fully saturated rings. The van der Waals surface area contributed by atoms with Crippen LogP contribution in [0.25, 0.3) is 0 Å². The minimum Gasteiger partial charge on any atom is -0.335 e. The molecule has 0 heterocycles. The molecule has 4 N–H and O–H groups in total. The highest BCUT2D eigenvalue weighted by Crippen LogP contribution is 2.17. The molecule has 4 amide bonds. The normalized spacial score (nSPS) is 16.9. The Morgan fingerprint density at radius 3 is 2.41 bits per heavy atom. The second-order valence-corrected chi connectivity index (χ2v) is 7.10. The van der Waals surface area contributed by atoms with Crippen LogP contribution in [0.4, 0.5) is 14.9 Å². The molecule has 148 valence electrons. The Morgan fingerprint density at radius 1 is 1.15 bits per heavy atom. The number of benzene rings is 1. The number of hydrogen-bond donors (Lipinski definition) is 4. The van der Waals surface area contributed by atoms with Crippen molar-refractivity contribution >= 4 is 23.5 Å². The molecule has 0 aromatic heterocycles. The van der Waals surface area contributed by atoms with E-state index in [0.29, 0.717) is 10.6 Å². The molecule has 1 saturated carbocycles. The Hall–Kier alpha value is -2.48. The molecule has 1 unspecified atom stereocenters. The smallest absolute Gasteiger partial charge is 0.321 e. The fourth-order valence-electron chi connectivity index (χ4n) is 3.06. The van der Waals surface area contributed by atoms with E-state index in [1.165, 1.54) is 30.7 Å². The van der Waals surface area contributed by atoms with Gasteiger partial charge in [-0.1, -0.05) is 19.3 Å². The Kier molecular flexibility index (Phi) is 7.72. The highest BCUT2D eigenvalue weighted by atomic mass is 19.1. The number of halogens is 1. The predicted octanol–water partition coefficient (Wildman–Crippen LogP) is 0.826. The molecule has 2 rings (SSSR count). The molecule has 1 aromatic rings. The number of hydrogen-bond acceptors (Lipinski definition) is 3. The molecule has 1 aromatic carbocycles. The summed E-state index contributed by atoms with van der Waals surface area (Å²) in [5, 5.41) is 7.84. The first-order chi connectivity index (χ1) is 12.8. The van der Waals surface area contributed by atoms with Crippen molar-refractivity contribution in [3.8, 4) is 0 Å². The lowest BCUT2D eigenvalue weighted by atomic mass is 9.96. The molecule has 1 aliphatic rings. The molecule has 27 heavy (non-hydrogen) atoms. The van der Waals surface area contributed by atoms with Crippen molar-refractivity contribution in [3.63, 3.8) is 0 Å². The lowest BCUT2D eigenvalue weighted by Gasteiger charge is -2.24. The highest BCUT2D eigenvalue weighted by molar-refractivity contribution is 5.96. The van der Waals surface area contributed by atoms with E-state index in [4.69, 9.17) is 0 Å². The van der Waals surface area contributed by atoms with E-state index in [2.05, 4.69) is 16.0 Å². The van der Waals surface area contributed by atoms with Gasteiger partial charge in [0.2, 0.25) is 0 Å². The van der Waals surface area contributed by atoms with Crippen LogP contribution in [-0.2, 0) is 9.59 Å². The number of urea groups is 1. The van der Waals surface area contributed by atoms with Crippen LogP contribution in [-0.4, -0.2) is 43.5 Å². The van der Waals surface area contributed by atoms with Gasteiger partial charge in [-0.25, -0.2) is 9.18 Å². The van der Waals surface area contributed by atoms with Crippen LogP contribution in [0.1, 0.15) is 39.0 Å². The molecule has 0 radical (unpaired) electrons. The summed E-state index contributed by atoms with van der Waals surface area (Å²) < 4.78 is 12.9. The zero-order valence-corrected chi connectivity index (χ0v) is 15.8. The van der Waals surface area contributed by atoms with Crippen LogP contribution in [0.2, 0.25) is 0 Å². The molecular weight excluding hydrogens is 351 g/mol. The minimum atomic E-state index is -0.582. The molecule has 0 aliphatic heterocycles. The molecule has 8 heteroatoms. The topological polar surface area (TPSA) is 91.7 Å². The third-order valence-electron chi connectivity index (χ3n) is 4.88. The Labute approximate surface area is 158 Å². The van der Waals surface area contributed by atoms with Crippen LogP contribution < -0.4 is 20.9 Å². The van der Waals surface area contributed by atoms with Gasteiger partial charge in [0.25, 0.3) is 11.8 Å². The van der Waals surface area contributed by atoms with Gasteiger partial charge in [0, 0.05) is 11.7 Å². The lowest BCUT2D eigenvalue weighted by Crippen LogP contribution is -3.15. The Morgan fingerprint density at radius 2 is 1.78 bits per heavy atom. The molecule has 0 saturated heterocycles. The molecule has 0 spiro atoms. The largest absolute Gasteiger partial charge is 0.335 e. The first kappa shape index (κ1) is 20.8. The van der Waals surface area contributed by atoms with E-state index < -0.39 is 18.0 Å². The molecule has 2 atom stereocenters. The standard InChI is InChI=1S/C19H27FN4O3/c1-13(18(26)23-19(27)22-15-6-4-3-5-7-15)24(2)12-17(25)21-16-10-8-14(20)9-11-16/h8-11,13,15H,3-7,12H2,1-2H3,(H,21,25)(H2,22,23,26,27)/p+1/t13-/m0/s1. The van der Waals surface area contributed by atoms with Gasteiger partial charge in [0.15, 0.2) is 12.6 Å². The van der Waals surface area contributed by atoms with Gasteiger partial charge >= 0.3 is 6.03 Å². The SMILES string of the molecule is C[C@@H](C(=O)NC(=O)NC1CCCCC1)[NH+](C)CC(=O)Nc1ccc(F)cc1. The predicted molar refractivity (Wildman–Crippen MR) is 99.8 cm³/mol. The number of quaternary nitrogens is 1. The van der Waals surface area contributed by atoms with E-state index in [-0.39, 0.29) is 24.3 Å². The van der Waals surface area contributed by atoms with Gasteiger partial charge in [-0.3, -0.25) is 14.9 Å². The van der Waals surface area contributed by atoms with Gasteiger partial charge in [-0.05, 0) is 44.0 Å². The van der Waals surface area contributed by atoms with Crippen molar-refractivity contribution in [3.05, 3.63) is 30.1 Å². The van der Waals surface area contributed by atoms with Gasteiger partial charge in [0.05, 0.1) is 7.05 Å². The minimum absolute atomic E-state index is 0.0379. The number of amides is 4. The van der Waals surface area contributed by atoms with E-state index in [9.17, 15) is 18.8 Å². The zero-order chi connectivity index (χ0) is 19.8. The van der Waals surface area contributed by atoms with Gasteiger partial charge < -0.3 is 15.5 Å². The number of carbonyl (C=O) groups is 3. The zero-order valence-electron chi connectivity index (χ0n) is 15.8. The summed E-state index contributed by atoms with van der Waals surface area (Å²) in [4.78, 5) is 36.9. The third kappa shape index (κ3) is 6.97. The second kappa shape index (κ2) is 10.0. The number of anilines is 1. The van der Waals surface area contributed by atoms with Crippen molar-refractivity contribution in [2.45, 2.75) is 51.1 Å². The number of imide groups is 1. The summed E-state index contributed by atoms with van der Waals surface area (Å²) in [6, 6.07) is 4.50. The van der Waals surface area contributed by atoms with Crippen LogP contribution in [0.15, 0.2) is 24.3 Å². The Balaban J connectivity index is 1.76. The van der Waals surface area contributed by atoms with Crippen LogP contribution in [0.5, 0.6) is 0 Å². The van der Waals surface area contributed by atoms with Crippen LogP contribution >= 0.6 is 0 Å². The summed E-state index contributed by atoms with van der Waals surface area (Å²) in [7, 11) is 1.70. The average molecular weight is 379 g/mol. The Bertz CT molecular complexity index is 659. The maximum atomic E-state index is 12.9. The number of likely N-dealkylation sites (N-methyl/N-ethyl adjacent to an activating group) is 1. The molecule has 7 nitrogen and oxygen atoms in total. The van der Waals surface area contributed by atoms with Crippen molar-refractivity contribution in [2.75, 3.05) is 18.9 Å². The van der Waals surface area contributed by atoms with Crippen molar-refractivity contribution in [1.29, 1.82) is 0 Å². The summed E-state index contributed by atoms with van der Waals surface area (Å²) in [6.45, 7) is 1.69. The maximum Gasteiger partial charge on any atom is 0.321 e. The fraction of sp³-hybridized carbons (Fsp3) is 0.526. The van der Waals surface area contributed by atoms with Crippen LogP contribution in [0.3, 0.4) is 0 Å². The number of carbonyl (C=O) groups excluding carboxylic acids is 3. The summed E-state index contributed by atoms with van der Waals surface area (Å²) in [6.07, 6.45) is 5.23. The van der Waals surface area contributed by atoms with E-state index in [0.717, 1.165) is 25.7 Å². The fourth-order valence-corrected chi connectivity index (χ4v) is 3.06. The second-order valence-electron chi connectivity index (χ2n) is 7.10. The maximum absolute atomic E-state index is 12.9.